The lowest BCUT2D eigenvalue weighted by atomic mass is 10.0. The van der Waals surface area contributed by atoms with Gasteiger partial charge in [-0.25, -0.2) is 9.59 Å². The number of nitrogens with one attached hydrogen (secondary N) is 4. The second-order valence-corrected chi connectivity index (χ2v) is 13.6. The number of carboxylic acid groups (broad SMARTS) is 2. The topological polar surface area (TPSA) is 220 Å². The first-order valence-electron chi connectivity index (χ1n) is 14.8. The van der Waals surface area contributed by atoms with E-state index in [4.69, 9.17) is 5.73 Å². The summed E-state index contributed by atoms with van der Waals surface area (Å²) in [7, 11) is 0. The maximum atomic E-state index is 14.1. The summed E-state index contributed by atoms with van der Waals surface area (Å²) in [6.07, 6.45) is 0. The maximum Gasteiger partial charge on any atom is 0.352 e. The van der Waals surface area contributed by atoms with E-state index in [1.807, 2.05) is 0 Å². The molecule has 252 valence electrons. The molecule has 16 heteroatoms. The Hall–Kier alpha value is -4.80. The van der Waals surface area contributed by atoms with Crippen molar-refractivity contribution in [3.8, 4) is 0 Å². The van der Waals surface area contributed by atoms with Crippen molar-refractivity contribution in [3.05, 3.63) is 94.3 Å². The van der Waals surface area contributed by atoms with Crippen molar-refractivity contribution in [1.29, 1.82) is 0 Å². The van der Waals surface area contributed by atoms with Gasteiger partial charge in [0.2, 0.25) is 17.7 Å². The number of aliphatic carboxylic acids is 2. The fourth-order valence-electron chi connectivity index (χ4n) is 5.54. The van der Waals surface area contributed by atoms with E-state index in [0.717, 1.165) is 4.90 Å². The van der Waals surface area contributed by atoms with Gasteiger partial charge in [-0.05, 0) is 36.1 Å². The van der Waals surface area contributed by atoms with Gasteiger partial charge in [-0.2, -0.15) is 0 Å². The number of β-lactam (4-membered cyclic amide) rings is 1. The Bertz CT molecular complexity index is 1700. The molecule has 2 aromatic carbocycles. The molecule has 3 heterocycles. The van der Waals surface area contributed by atoms with Crippen LogP contribution in [0.4, 0.5) is 0 Å². The number of nitrogens with two attached hydrogens (primary N) is 1. The van der Waals surface area contributed by atoms with Gasteiger partial charge in [0, 0.05) is 11.5 Å². The van der Waals surface area contributed by atoms with Gasteiger partial charge in [0.05, 0.1) is 0 Å². The molecule has 14 nitrogen and oxygen atoms in total. The summed E-state index contributed by atoms with van der Waals surface area (Å²) >= 11 is 2.50. The van der Waals surface area contributed by atoms with Crippen LogP contribution in [0.1, 0.15) is 37.1 Å². The minimum absolute atomic E-state index is 0.112. The lowest BCUT2D eigenvalue weighted by molar-refractivity contribution is -0.151. The fraction of sp³-hybridized carbons (Fsp3) is 0.312. The minimum Gasteiger partial charge on any atom is -0.477 e. The number of hydrogen-bond donors (Lipinski definition) is 7. The number of fused-ring (bicyclic) bond motifs is 1. The number of carboxylic acids is 2. The van der Waals surface area contributed by atoms with Crippen molar-refractivity contribution >= 4 is 59.1 Å². The molecule has 1 fully saturated rings. The molecule has 0 aromatic heterocycles. The Balaban J connectivity index is 1.40. The summed E-state index contributed by atoms with van der Waals surface area (Å²) in [5, 5.41) is 28.6. The molecule has 0 spiro atoms. The number of nitrogens with zero attached hydrogens (tertiary/aromatic N) is 1. The van der Waals surface area contributed by atoms with Crippen molar-refractivity contribution in [2.24, 2.45) is 5.73 Å². The zero-order valence-electron chi connectivity index (χ0n) is 25.8. The van der Waals surface area contributed by atoms with E-state index in [9.17, 15) is 39.0 Å². The molecule has 2 aromatic rings. The molecule has 2 unspecified atom stereocenters. The molecule has 5 rings (SSSR count). The molecular formula is C32H34N6O8S2. The number of carbonyl (C=O) groups is 6. The van der Waals surface area contributed by atoms with Crippen molar-refractivity contribution in [3.63, 3.8) is 0 Å². The van der Waals surface area contributed by atoms with E-state index in [1.165, 1.54) is 23.5 Å². The quantitative estimate of drug-likeness (QED) is 0.163. The molecule has 0 saturated carbocycles. The third-order valence-electron chi connectivity index (χ3n) is 8.07. The average molecular weight is 695 g/mol. The van der Waals surface area contributed by atoms with Gasteiger partial charge in [0.15, 0.2) is 0 Å². The number of hydrogen-bond acceptors (Lipinski definition) is 10. The molecule has 6 atom stereocenters. The molecule has 0 aliphatic carbocycles. The van der Waals surface area contributed by atoms with Gasteiger partial charge in [-0.15, -0.1) is 23.5 Å². The molecule has 48 heavy (non-hydrogen) atoms. The summed E-state index contributed by atoms with van der Waals surface area (Å²) in [5.74, 6) is -4.74. The van der Waals surface area contributed by atoms with E-state index >= 15 is 0 Å². The summed E-state index contributed by atoms with van der Waals surface area (Å²) in [6, 6.07) is 11.8. The number of carbonyl (C=O) groups excluding carboxylic acids is 4. The molecule has 3 aliphatic rings. The van der Waals surface area contributed by atoms with E-state index in [1.54, 1.807) is 74.5 Å². The Morgan fingerprint density at radius 3 is 2.04 bits per heavy atom. The van der Waals surface area contributed by atoms with Gasteiger partial charge in [0.25, 0.3) is 5.91 Å². The Kier molecular flexibility index (Phi) is 10.5. The fourth-order valence-corrected chi connectivity index (χ4v) is 7.99. The molecule has 1 saturated heterocycles. The van der Waals surface area contributed by atoms with Gasteiger partial charge < -0.3 is 37.2 Å². The van der Waals surface area contributed by atoms with Gasteiger partial charge in [-0.3, -0.25) is 24.1 Å². The summed E-state index contributed by atoms with van der Waals surface area (Å²) < 4.78 is 0. The zero-order chi connectivity index (χ0) is 34.7. The third-order valence-corrected chi connectivity index (χ3v) is 10.8. The Labute approximate surface area is 283 Å². The van der Waals surface area contributed by atoms with Crippen molar-refractivity contribution in [2.45, 2.75) is 48.8 Å². The minimum atomic E-state index is -1.40. The Morgan fingerprint density at radius 1 is 0.833 bits per heavy atom. The highest BCUT2D eigenvalue weighted by atomic mass is 32.2. The molecular weight excluding hydrogens is 661 g/mol. The van der Waals surface area contributed by atoms with E-state index in [0.29, 0.717) is 28.0 Å². The number of rotatable bonds is 11. The number of benzene rings is 2. The SMILES string of the molecule is CC1=C(C(=O)O)NC(C(NC(=O)[C@H](N)c2ccccc2)C(=O)N[C@@H](C(=O)N[C@@H]2C(=O)N3C(C(=O)O)=C(C)CS[C@H]23)c2ccccc2)SC1. The molecule has 8 N–H and O–H groups in total. The van der Waals surface area contributed by atoms with Crippen molar-refractivity contribution < 1.29 is 39.0 Å². The highest BCUT2D eigenvalue weighted by molar-refractivity contribution is 8.00. The number of amides is 4. The van der Waals surface area contributed by atoms with Crippen LogP contribution in [0.25, 0.3) is 0 Å². The van der Waals surface area contributed by atoms with Gasteiger partial charge in [-0.1, -0.05) is 60.7 Å². The van der Waals surface area contributed by atoms with Crippen LogP contribution in [0.2, 0.25) is 0 Å². The lowest BCUT2D eigenvalue weighted by Crippen LogP contribution is -2.71. The average Bonchev–Trinajstić information content (AvgIpc) is 3.08. The van der Waals surface area contributed by atoms with Crippen LogP contribution in [0.5, 0.6) is 0 Å². The molecule has 3 aliphatic heterocycles. The molecule has 4 amide bonds. The standard InChI is InChI=1S/C32H34N6O8S2/c1-15-13-47-28(37-20(15)31(43)44)22(35-25(39)19(33)17-9-5-3-6-10-17)27(41)34-21(18-11-7-4-8-12-18)26(40)36-23-29(42)38-24(32(45)46)16(2)14-48-30(23)38/h3-12,19,21-23,28,30,37H,13-14,33H2,1-2H3,(H,34,41)(H,35,39)(H,36,40)(H,43,44)(H,45,46)/t19-,21-,22?,23-,28?,30-/m1/s1. The van der Waals surface area contributed by atoms with Crippen LogP contribution in [-0.4, -0.2) is 85.0 Å². The zero-order valence-corrected chi connectivity index (χ0v) is 27.5. The summed E-state index contributed by atoms with van der Waals surface area (Å²) in [4.78, 5) is 79.3. The third kappa shape index (κ3) is 7.05. The summed E-state index contributed by atoms with van der Waals surface area (Å²) in [5.41, 5.74) is 7.90. The van der Waals surface area contributed by atoms with Gasteiger partial charge in [0.1, 0.15) is 46.3 Å². The van der Waals surface area contributed by atoms with Crippen LogP contribution in [-0.2, 0) is 28.8 Å². The maximum absolute atomic E-state index is 14.1. The van der Waals surface area contributed by atoms with Gasteiger partial charge >= 0.3 is 11.9 Å². The van der Waals surface area contributed by atoms with E-state index < -0.39 is 70.5 Å². The second-order valence-electron chi connectivity index (χ2n) is 11.4. The van der Waals surface area contributed by atoms with Crippen molar-refractivity contribution in [1.82, 2.24) is 26.2 Å². The van der Waals surface area contributed by atoms with E-state index in [-0.39, 0.29) is 17.1 Å². The Morgan fingerprint density at radius 2 is 1.44 bits per heavy atom. The highest BCUT2D eigenvalue weighted by Gasteiger charge is 2.54. The van der Waals surface area contributed by atoms with Crippen LogP contribution in [0.3, 0.4) is 0 Å². The van der Waals surface area contributed by atoms with E-state index in [2.05, 4.69) is 21.3 Å². The first-order chi connectivity index (χ1) is 22.9. The van der Waals surface area contributed by atoms with Crippen molar-refractivity contribution in [2.75, 3.05) is 11.5 Å². The lowest BCUT2D eigenvalue weighted by Gasteiger charge is -2.49. The van der Waals surface area contributed by atoms with Crippen LogP contribution in [0.15, 0.2) is 83.2 Å². The van der Waals surface area contributed by atoms with Crippen LogP contribution in [0, 0.1) is 0 Å². The predicted molar refractivity (Wildman–Crippen MR) is 178 cm³/mol. The normalized spacial score (nSPS) is 22.3. The molecule has 0 radical (unpaired) electrons. The monoisotopic (exact) mass is 694 g/mol. The first kappa shape index (κ1) is 34.5. The molecule has 0 bridgehead atoms. The smallest absolute Gasteiger partial charge is 0.352 e. The number of thioether (sulfide) groups is 2. The highest BCUT2D eigenvalue weighted by Crippen LogP contribution is 2.40. The first-order valence-corrected chi connectivity index (χ1v) is 16.9. The second kappa shape index (κ2) is 14.5. The predicted octanol–water partition coefficient (Wildman–Crippen LogP) is 0.808. The largest absolute Gasteiger partial charge is 0.477 e. The van der Waals surface area contributed by atoms with Crippen LogP contribution < -0.4 is 27.0 Å². The van der Waals surface area contributed by atoms with Crippen LogP contribution >= 0.6 is 23.5 Å². The summed E-state index contributed by atoms with van der Waals surface area (Å²) in [6.45, 7) is 3.27.